The molecule has 0 radical (unpaired) electrons. The summed E-state index contributed by atoms with van der Waals surface area (Å²) >= 11 is 0. The molecule has 1 aliphatic rings. The first-order valence-electron chi connectivity index (χ1n) is 11.7. The predicted octanol–water partition coefficient (Wildman–Crippen LogP) is 4.79. The van der Waals surface area contributed by atoms with Gasteiger partial charge in [-0.25, -0.2) is 9.78 Å². The highest BCUT2D eigenvalue weighted by molar-refractivity contribution is 6.00. The van der Waals surface area contributed by atoms with E-state index in [4.69, 9.17) is 14.4 Å². The van der Waals surface area contributed by atoms with Crippen LogP contribution in [0.2, 0.25) is 0 Å². The molecule has 0 N–H and O–H groups in total. The van der Waals surface area contributed by atoms with Crippen molar-refractivity contribution in [2.75, 3.05) is 19.8 Å². The molecule has 0 saturated carbocycles. The largest absolute Gasteiger partial charge is 0.461 e. The second-order valence-corrected chi connectivity index (χ2v) is 9.32. The number of oxime groups is 2. The van der Waals surface area contributed by atoms with Crippen molar-refractivity contribution in [2.24, 2.45) is 15.7 Å². The minimum absolute atomic E-state index is 0.249. The van der Waals surface area contributed by atoms with Crippen molar-refractivity contribution in [3.05, 3.63) is 58.2 Å². The minimum atomic E-state index is -0.455. The Kier molecular flexibility index (Phi) is 8.36. The molecule has 34 heavy (non-hydrogen) atoms. The maximum absolute atomic E-state index is 12.0. The minimum Gasteiger partial charge on any atom is -0.461 e. The summed E-state index contributed by atoms with van der Waals surface area (Å²) in [5.74, 6) is -0.455. The van der Waals surface area contributed by atoms with Gasteiger partial charge in [-0.15, -0.1) is 0 Å². The number of fused-ring (bicyclic) bond motifs is 1. The molecule has 8 heteroatoms. The lowest BCUT2D eigenvalue weighted by Crippen LogP contribution is -2.25. The van der Waals surface area contributed by atoms with E-state index in [1.54, 1.807) is 19.9 Å². The summed E-state index contributed by atoms with van der Waals surface area (Å²) in [6.45, 7) is 12.5. The van der Waals surface area contributed by atoms with Gasteiger partial charge in [-0.05, 0) is 70.2 Å². The summed E-state index contributed by atoms with van der Waals surface area (Å²) in [5, 5.41) is 8.63. The van der Waals surface area contributed by atoms with E-state index in [0.717, 1.165) is 41.9 Å². The van der Waals surface area contributed by atoms with Crippen molar-refractivity contribution in [1.29, 1.82) is 0 Å². The van der Waals surface area contributed by atoms with Crippen molar-refractivity contribution < 1.29 is 19.2 Å². The van der Waals surface area contributed by atoms with Crippen molar-refractivity contribution in [3.63, 3.8) is 0 Å². The third-order valence-corrected chi connectivity index (χ3v) is 5.46. The molecule has 0 unspecified atom stereocenters. The Bertz CT molecular complexity index is 1090. The Balaban J connectivity index is 1.59. The first-order chi connectivity index (χ1) is 16.2. The van der Waals surface area contributed by atoms with Gasteiger partial charge in [0, 0.05) is 11.1 Å². The van der Waals surface area contributed by atoms with Gasteiger partial charge < -0.3 is 14.4 Å². The zero-order valence-corrected chi connectivity index (χ0v) is 21.0. The number of hydrogen-bond donors (Lipinski definition) is 0. The van der Waals surface area contributed by atoms with Crippen LogP contribution in [0, 0.1) is 19.3 Å². The van der Waals surface area contributed by atoms with Gasteiger partial charge in [0.2, 0.25) is 0 Å². The number of hydrogen-bond acceptors (Lipinski definition) is 8. The third kappa shape index (κ3) is 6.62. The topological polar surface area (TPSA) is 95.3 Å². The molecule has 2 aromatic rings. The van der Waals surface area contributed by atoms with E-state index < -0.39 is 5.97 Å². The highest BCUT2D eigenvalue weighted by Crippen LogP contribution is 2.22. The van der Waals surface area contributed by atoms with Crippen LogP contribution in [0.15, 0.2) is 34.6 Å². The SMILES string of the molecule is CCOC(=O)c1ccc(C)c(/C(C)=N/OCC(C)(C)CO/N=C2\CCCc3ccc(C)nc32)n1. The fraction of sp³-hybridized carbons (Fsp3) is 0.500. The molecule has 0 saturated heterocycles. The van der Waals surface area contributed by atoms with Crippen LogP contribution >= 0.6 is 0 Å². The standard InChI is InChI=1S/C26H34N4O4/c1-7-32-25(31)22-14-11-17(2)23(28-22)19(4)29-33-15-26(5,6)16-34-30-21-10-8-9-20-13-12-18(3)27-24(20)21/h11-14H,7-10,15-16H2,1-6H3/b29-19+,30-21+. The van der Waals surface area contributed by atoms with Crippen LogP contribution in [0.1, 0.15) is 79.2 Å². The molecule has 0 fully saturated rings. The summed E-state index contributed by atoms with van der Waals surface area (Å²) in [7, 11) is 0. The molecule has 1 aliphatic carbocycles. The number of ether oxygens (including phenoxy) is 1. The lowest BCUT2D eigenvalue weighted by molar-refractivity contribution is -0.000163. The third-order valence-electron chi connectivity index (χ3n) is 5.46. The first-order valence-corrected chi connectivity index (χ1v) is 11.7. The van der Waals surface area contributed by atoms with Gasteiger partial charge in [0.15, 0.2) is 0 Å². The second-order valence-electron chi connectivity index (χ2n) is 9.32. The Labute approximate surface area is 201 Å². The molecule has 182 valence electrons. The van der Waals surface area contributed by atoms with Crippen molar-refractivity contribution in [1.82, 2.24) is 9.97 Å². The lowest BCUT2D eigenvalue weighted by Gasteiger charge is -2.22. The number of pyridine rings is 2. The smallest absolute Gasteiger partial charge is 0.356 e. The van der Waals surface area contributed by atoms with Crippen LogP contribution in [0.4, 0.5) is 0 Å². The monoisotopic (exact) mass is 466 g/mol. The van der Waals surface area contributed by atoms with Gasteiger partial charge in [0.1, 0.15) is 30.3 Å². The average Bonchev–Trinajstić information content (AvgIpc) is 2.79. The molecule has 8 nitrogen and oxygen atoms in total. The van der Waals surface area contributed by atoms with Gasteiger partial charge in [-0.2, -0.15) is 0 Å². The number of nitrogens with zero attached hydrogens (tertiary/aromatic N) is 4. The molecule has 0 aliphatic heterocycles. The van der Waals surface area contributed by atoms with Crippen LogP contribution in [-0.4, -0.2) is 47.2 Å². The van der Waals surface area contributed by atoms with Gasteiger partial charge >= 0.3 is 5.97 Å². The average molecular weight is 467 g/mol. The molecule has 2 heterocycles. The summed E-state index contributed by atoms with van der Waals surface area (Å²) in [6.07, 6.45) is 2.93. The van der Waals surface area contributed by atoms with E-state index in [-0.39, 0.29) is 11.1 Å². The number of rotatable bonds is 9. The van der Waals surface area contributed by atoms with Crippen LogP contribution in [0.3, 0.4) is 0 Å². The van der Waals surface area contributed by atoms with Gasteiger partial charge in [0.25, 0.3) is 0 Å². The summed E-state index contributed by atoms with van der Waals surface area (Å²) in [4.78, 5) is 32.4. The molecule has 0 aromatic carbocycles. The zero-order valence-electron chi connectivity index (χ0n) is 21.0. The van der Waals surface area contributed by atoms with E-state index in [2.05, 4.69) is 26.3 Å². The van der Waals surface area contributed by atoms with E-state index in [1.807, 2.05) is 39.8 Å². The summed E-state index contributed by atoms with van der Waals surface area (Å²) in [6, 6.07) is 7.64. The van der Waals surface area contributed by atoms with E-state index in [1.165, 1.54) is 5.56 Å². The number of carbonyl (C=O) groups is 1. The Morgan fingerprint density at radius 2 is 1.82 bits per heavy atom. The van der Waals surface area contributed by atoms with Crippen LogP contribution in [-0.2, 0) is 20.8 Å². The molecule has 0 atom stereocenters. The number of aryl methyl sites for hydroxylation is 3. The molecular formula is C26H34N4O4. The maximum atomic E-state index is 12.0. The lowest BCUT2D eigenvalue weighted by atomic mass is 9.94. The Morgan fingerprint density at radius 1 is 1.06 bits per heavy atom. The molecule has 0 spiro atoms. The number of aromatic nitrogens is 2. The molecule has 2 aromatic heterocycles. The fourth-order valence-corrected chi connectivity index (χ4v) is 3.58. The van der Waals surface area contributed by atoms with Crippen LogP contribution in [0.5, 0.6) is 0 Å². The predicted molar refractivity (Wildman–Crippen MR) is 131 cm³/mol. The van der Waals surface area contributed by atoms with Crippen molar-refractivity contribution in [3.8, 4) is 0 Å². The second kappa shape index (κ2) is 11.2. The quantitative estimate of drug-likeness (QED) is 0.299. The summed E-state index contributed by atoms with van der Waals surface area (Å²) < 4.78 is 5.03. The van der Waals surface area contributed by atoms with E-state index in [9.17, 15) is 4.79 Å². The van der Waals surface area contributed by atoms with Crippen molar-refractivity contribution in [2.45, 2.75) is 60.8 Å². The molecule has 0 bridgehead atoms. The Morgan fingerprint density at radius 3 is 2.59 bits per heavy atom. The first kappa shape index (κ1) is 25.3. The van der Waals surface area contributed by atoms with Crippen LogP contribution in [0.25, 0.3) is 0 Å². The Hall–Kier alpha value is -3.29. The van der Waals surface area contributed by atoms with E-state index >= 15 is 0 Å². The normalized spacial score (nSPS) is 15.1. The van der Waals surface area contributed by atoms with E-state index in [0.29, 0.717) is 31.2 Å². The molecule has 3 rings (SSSR count). The highest BCUT2D eigenvalue weighted by Gasteiger charge is 2.22. The number of esters is 1. The zero-order chi connectivity index (χ0) is 24.7. The van der Waals surface area contributed by atoms with Crippen LogP contribution < -0.4 is 0 Å². The summed E-state index contributed by atoms with van der Waals surface area (Å²) in [5.41, 5.74) is 6.07. The molecular weight excluding hydrogens is 432 g/mol. The maximum Gasteiger partial charge on any atom is 0.356 e. The number of carbonyl (C=O) groups excluding carboxylic acids is 1. The van der Waals surface area contributed by atoms with Gasteiger partial charge in [0.05, 0.1) is 18.0 Å². The van der Waals surface area contributed by atoms with Gasteiger partial charge in [-0.1, -0.05) is 36.3 Å². The van der Waals surface area contributed by atoms with Crippen molar-refractivity contribution >= 4 is 17.4 Å². The highest BCUT2D eigenvalue weighted by atomic mass is 16.6. The molecule has 0 amide bonds. The fourth-order valence-electron chi connectivity index (χ4n) is 3.58. The van der Waals surface area contributed by atoms with Gasteiger partial charge in [-0.3, -0.25) is 4.98 Å².